The van der Waals surface area contributed by atoms with E-state index in [1.165, 1.54) is 18.4 Å². The van der Waals surface area contributed by atoms with Gasteiger partial charge in [0.2, 0.25) is 0 Å². The van der Waals surface area contributed by atoms with Gasteiger partial charge in [-0.05, 0) is 64.9 Å². The molecule has 2 fully saturated rings. The van der Waals surface area contributed by atoms with Gasteiger partial charge in [-0.1, -0.05) is 11.8 Å². The molecule has 7 heteroatoms. The van der Waals surface area contributed by atoms with Gasteiger partial charge in [0.1, 0.15) is 4.88 Å². The van der Waals surface area contributed by atoms with Crippen molar-refractivity contribution in [3.05, 3.63) is 15.8 Å². The molecule has 3 rings (SSSR count). The van der Waals surface area contributed by atoms with Crippen molar-refractivity contribution in [2.75, 3.05) is 32.2 Å². The highest BCUT2D eigenvalue weighted by Crippen LogP contribution is 2.31. The second kappa shape index (κ2) is 11.3. The third kappa shape index (κ3) is 7.50. The van der Waals surface area contributed by atoms with E-state index in [1.54, 1.807) is 0 Å². The van der Waals surface area contributed by atoms with E-state index in [2.05, 4.69) is 31.0 Å². The molecule has 2 heterocycles. The molecule has 1 saturated carbocycles. The van der Waals surface area contributed by atoms with Crippen molar-refractivity contribution in [2.24, 2.45) is 5.41 Å². The number of aliphatic hydroxyl groups is 1. The molecule has 6 nitrogen and oxygen atoms in total. The van der Waals surface area contributed by atoms with E-state index in [1.807, 2.05) is 6.07 Å². The number of aliphatic hydroxyl groups excluding tert-OH is 1. The van der Waals surface area contributed by atoms with Gasteiger partial charge in [0.05, 0.1) is 29.9 Å². The molecule has 1 aromatic heterocycles. The van der Waals surface area contributed by atoms with Crippen LogP contribution in [0.15, 0.2) is 6.07 Å². The molecule has 31 heavy (non-hydrogen) atoms. The van der Waals surface area contributed by atoms with E-state index in [0.717, 1.165) is 68.7 Å². The number of methoxy groups -OCH3 is 1. The number of hydrogen-bond donors (Lipinski definition) is 2. The number of anilines is 1. The van der Waals surface area contributed by atoms with Crippen LogP contribution >= 0.6 is 11.3 Å². The molecule has 1 aliphatic heterocycles. The maximum Gasteiger partial charge on any atom is 0.350 e. The average Bonchev–Trinajstić information content (AvgIpc) is 3.17. The Morgan fingerprint density at radius 1 is 1.26 bits per heavy atom. The summed E-state index contributed by atoms with van der Waals surface area (Å²) in [5, 5.41) is 13.2. The Labute approximate surface area is 189 Å². The lowest BCUT2D eigenvalue weighted by atomic mass is 9.90. The number of nitrogens with one attached hydrogen (secondary N) is 1. The molecule has 2 aliphatic rings. The van der Waals surface area contributed by atoms with E-state index < -0.39 is 0 Å². The van der Waals surface area contributed by atoms with Crippen molar-refractivity contribution < 1.29 is 24.1 Å². The largest absolute Gasteiger partial charge is 0.465 e. The second-order valence-electron chi connectivity index (χ2n) is 9.06. The number of carbonyl (C=O) groups excluding carboxylic acids is 1. The van der Waals surface area contributed by atoms with E-state index in [-0.39, 0.29) is 23.5 Å². The Kier molecular flexibility index (Phi) is 8.79. The third-order valence-electron chi connectivity index (χ3n) is 5.93. The summed E-state index contributed by atoms with van der Waals surface area (Å²) in [6, 6.07) is 2.20. The zero-order valence-electron chi connectivity index (χ0n) is 18.9. The fourth-order valence-corrected chi connectivity index (χ4v) is 4.75. The molecule has 1 saturated heterocycles. The van der Waals surface area contributed by atoms with Crippen LogP contribution in [0.4, 0.5) is 5.69 Å². The topological polar surface area (TPSA) is 77.0 Å². The van der Waals surface area contributed by atoms with Crippen LogP contribution in [0.2, 0.25) is 0 Å². The summed E-state index contributed by atoms with van der Waals surface area (Å²) in [6.07, 6.45) is 6.21. The molecule has 0 unspecified atom stereocenters. The van der Waals surface area contributed by atoms with Crippen LogP contribution in [-0.4, -0.2) is 56.3 Å². The maximum atomic E-state index is 12.3. The first-order valence-corrected chi connectivity index (χ1v) is 12.1. The lowest BCUT2D eigenvalue weighted by Gasteiger charge is -2.26. The predicted molar refractivity (Wildman–Crippen MR) is 123 cm³/mol. The van der Waals surface area contributed by atoms with Crippen LogP contribution in [0.3, 0.4) is 0 Å². The minimum Gasteiger partial charge on any atom is -0.465 e. The highest BCUT2D eigenvalue weighted by atomic mass is 32.1. The molecule has 0 spiro atoms. The number of hydrogen-bond acceptors (Lipinski definition) is 7. The van der Waals surface area contributed by atoms with Crippen LogP contribution in [0, 0.1) is 17.3 Å². The molecular weight excluding hydrogens is 414 g/mol. The molecule has 2 N–H and O–H groups in total. The number of carbonyl (C=O) groups is 1. The summed E-state index contributed by atoms with van der Waals surface area (Å²) in [5.74, 6) is 6.28. The van der Waals surface area contributed by atoms with Crippen LogP contribution < -0.4 is 5.32 Å². The number of thiophene rings is 1. The summed E-state index contributed by atoms with van der Waals surface area (Å²) in [5.41, 5.74) is 0.594. The maximum absolute atomic E-state index is 12.3. The van der Waals surface area contributed by atoms with Crippen molar-refractivity contribution in [3.8, 4) is 11.8 Å². The Morgan fingerprint density at radius 2 is 1.97 bits per heavy atom. The molecule has 1 aliphatic carbocycles. The van der Waals surface area contributed by atoms with Gasteiger partial charge in [0.15, 0.2) is 0 Å². The summed E-state index contributed by atoms with van der Waals surface area (Å²) in [7, 11) is 1.40. The minimum absolute atomic E-state index is 0.187. The van der Waals surface area contributed by atoms with Crippen LogP contribution in [0.25, 0.3) is 0 Å². The highest BCUT2D eigenvalue weighted by Gasteiger charge is 2.23. The van der Waals surface area contributed by atoms with Gasteiger partial charge in [-0.3, -0.25) is 0 Å². The number of ether oxygens (including phenoxy) is 3. The molecule has 1 aromatic rings. The Balaban J connectivity index is 1.61. The third-order valence-corrected chi connectivity index (χ3v) is 6.96. The van der Waals surface area contributed by atoms with Gasteiger partial charge in [-0.2, -0.15) is 0 Å². The van der Waals surface area contributed by atoms with Crippen molar-refractivity contribution in [2.45, 2.75) is 77.0 Å². The van der Waals surface area contributed by atoms with E-state index in [9.17, 15) is 9.90 Å². The van der Waals surface area contributed by atoms with E-state index in [4.69, 9.17) is 14.2 Å². The number of esters is 1. The number of rotatable bonds is 7. The average molecular weight is 450 g/mol. The fraction of sp³-hybridized carbons (Fsp3) is 0.708. The van der Waals surface area contributed by atoms with Gasteiger partial charge in [0.25, 0.3) is 0 Å². The summed E-state index contributed by atoms with van der Waals surface area (Å²) >= 11 is 1.36. The van der Waals surface area contributed by atoms with E-state index in [0.29, 0.717) is 17.6 Å². The van der Waals surface area contributed by atoms with Crippen molar-refractivity contribution in [3.63, 3.8) is 0 Å². The van der Waals surface area contributed by atoms with Crippen LogP contribution in [0.1, 0.15) is 73.3 Å². The standard InChI is InChI=1S/C24H35NO5S/c1-24(2,12-15-30-19-9-13-29-14-10-19)11-8-20-16-21(22(31-20)23(27)28-3)25-17-4-6-18(26)7-5-17/h16-19,25-26H,4-7,9-10,12-15H2,1-3H3. The Hall–Kier alpha value is -1.59. The lowest BCUT2D eigenvalue weighted by Crippen LogP contribution is -2.28. The monoisotopic (exact) mass is 449 g/mol. The molecule has 172 valence electrons. The Bertz CT molecular complexity index is 780. The first kappa shape index (κ1) is 24.1. The summed E-state index contributed by atoms with van der Waals surface area (Å²) in [6.45, 7) is 6.49. The molecule has 0 amide bonds. The van der Waals surface area contributed by atoms with Crippen molar-refractivity contribution >= 4 is 23.0 Å². The van der Waals surface area contributed by atoms with Gasteiger partial charge < -0.3 is 24.6 Å². The zero-order chi connectivity index (χ0) is 22.3. The van der Waals surface area contributed by atoms with Crippen LogP contribution in [-0.2, 0) is 14.2 Å². The lowest BCUT2D eigenvalue weighted by molar-refractivity contribution is -0.0362. The van der Waals surface area contributed by atoms with Gasteiger partial charge in [-0.15, -0.1) is 11.3 Å². The Morgan fingerprint density at radius 3 is 2.65 bits per heavy atom. The molecule has 0 radical (unpaired) electrons. The first-order valence-electron chi connectivity index (χ1n) is 11.3. The molecule has 0 aromatic carbocycles. The zero-order valence-corrected chi connectivity index (χ0v) is 19.7. The minimum atomic E-state index is -0.347. The summed E-state index contributed by atoms with van der Waals surface area (Å²) in [4.78, 5) is 13.7. The van der Waals surface area contributed by atoms with Gasteiger partial charge >= 0.3 is 5.97 Å². The normalized spacial score (nSPS) is 22.5. The van der Waals surface area contributed by atoms with Crippen LogP contribution in [0.5, 0.6) is 0 Å². The van der Waals surface area contributed by atoms with E-state index >= 15 is 0 Å². The van der Waals surface area contributed by atoms with Crippen molar-refractivity contribution in [1.29, 1.82) is 0 Å². The fourth-order valence-electron chi connectivity index (χ4n) is 3.86. The predicted octanol–water partition coefficient (Wildman–Crippen LogP) is 4.21. The van der Waals surface area contributed by atoms with Crippen molar-refractivity contribution in [1.82, 2.24) is 0 Å². The second-order valence-corrected chi connectivity index (χ2v) is 10.1. The van der Waals surface area contributed by atoms with Gasteiger partial charge in [0, 0.05) is 31.3 Å². The quantitative estimate of drug-likeness (QED) is 0.480. The summed E-state index contributed by atoms with van der Waals surface area (Å²) < 4.78 is 16.3. The molecule has 0 atom stereocenters. The molecule has 0 bridgehead atoms. The smallest absolute Gasteiger partial charge is 0.350 e. The first-order chi connectivity index (χ1) is 14.9. The van der Waals surface area contributed by atoms with Gasteiger partial charge in [-0.25, -0.2) is 4.79 Å². The molecular formula is C24H35NO5S. The highest BCUT2D eigenvalue weighted by molar-refractivity contribution is 7.15. The SMILES string of the molecule is COC(=O)c1sc(C#CC(C)(C)CCOC2CCOCC2)cc1NC1CCC(O)CC1.